The summed E-state index contributed by atoms with van der Waals surface area (Å²) < 4.78 is 17.9. The minimum Gasteiger partial charge on any atom is -0.481 e. The molecule has 1 heterocycles. The molecule has 146 valence electrons. The van der Waals surface area contributed by atoms with Gasteiger partial charge in [0.05, 0.1) is 31.7 Å². The standard InChI is InChI=1S/C16H10Br3N3O6/c17-9-2-10(18)16(11(19)3-9)26-6-15(23)21-20-5-8-1-13-14(28-7-27-13)4-12(8)22(24)25/h1-5H,6-7H2,(H,21,23)/b20-5-. The van der Waals surface area contributed by atoms with Crippen molar-refractivity contribution in [3.63, 3.8) is 0 Å². The summed E-state index contributed by atoms with van der Waals surface area (Å²) in [5, 5.41) is 14.9. The summed E-state index contributed by atoms with van der Waals surface area (Å²) in [6.07, 6.45) is 1.16. The molecule has 0 spiro atoms. The van der Waals surface area contributed by atoms with Gasteiger partial charge in [-0.1, -0.05) is 15.9 Å². The Morgan fingerprint density at radius 1 is 1.21 bits per heavy atom. The number of amides is 1. The van der Waals surface area contributed by atoms with Crippen molar-refractivity contribution in [3.05, 3.63) is 53.4 Å². The van der Waals surface area contributed by atoms with Crippen LogP contribution in [0, 0.1) is 10.1 Å². The van der Waals surface area contributed by atoms with Gasteiger partial charge < -0.3 is 14.2 Å². The predicted octanol–water partition coefficient (Wildman–Crippen LogP) is 4.14. The van der Waals surface area contributed by atoms with Crippen LogP contribution in [0.5, 0.6) is 17.2 Å². The number of ether oxygens (including phenoxy) is 3. The van der Waals surface area contributed by atoms with Gasteiger partial charge in [0, 0.05) is 4.47 Å². The number of hydrazone groups is 1. The number of carbonyl (C=O) groups is 1. The molecule has 0 aliphatic carbocycles. The molecule has 3 rings (SSSR count). The number of nitro groups is 1. The van der Waals surface area contributed by atoms with Crippen molar-refractivity contribution in [1.29, 1.82) is 0 Å². The Labute approximate surface area is 183 Å². The van der Waals surface area contributed by atoms with Crippen LogP contribution in [0.15, 0.2) is 42.8 Å². The van der Waals surface area contributed by atoms with Crippen molar-refractivity contribution in [2.24, 2.45) is 5.10 Å². The number of nitrogens with one attached hydrogen (secondary N) is 1. The lowest BCUT2D eigenvalue weighted by Crippen LogP contribution is -2.24. The average molecular weight is 580 g/mol. The third kappa shape index (κ3) is 4.80. The Kier molecular flexibility index (Phi) is 6.52. The van der Waals surface area contributed by atoms with E-state index < -0.39 is 10.8 Å². The fourth-order valence-electron chi connectivity index (χ4n) is 2.22. The van der Waals surface area contributed by atoms with Gasteiger partial charge in [0.2, 0.25) is 6.79 Å². The highest BCUT2D eigenvalue weighted by atomic mass is 79.9. The molecule has 9 nitrogen and oxygen atoms in total. The summed E-state index contributed by atoms with van der Waals surface area (Å²) >= 11 is 10.0. The molecule has 0 saturated heterocycles. The van der Waals surface area contributed by atoms with Crippen LogP contribution in [-0.4, -0.2) is 30.4 Å². The van der Waals surface area contributed by atoms with Gasteiger partial charge in [0.25, 0.3) is 11.6 Å². The van der Waals surface area contributed by atoms with Gasteiger partial charge in [-0.25, -0.2) is 5.43 Å². The summed E-state index contributed by atoms with van der Waals surface area (Å²) in [5.74, 6) is 0.564. The minimum atomic E-state index is -0.573. The molecular formula is C16H10Br3N3O6. The Bertz CT molecular complexity index is 959. The third-order valence-corrected chi connectivity index (χ3v) is 5.06. The first kappa shape index (κ1) is 20.6. The van der Waals surface area contributed by atoms with Crippen LogP contribution >= 0.6 is 47.8 Å². The van der Waals surface area contributed by atoms with E-state index >= 15 is 0 Å². The zero-order valence-electron chi connectivity index (χ0n) is 13.8. The van der Waals surface area contributed by atoms with E-state index in [0.717, 1.165) is 10.7 Å². The van der Waals surface area contributed by atoms with Crippen molar-refractivity contribution in [2.75, 3.05) is 13.4 Å². The van der Waals surface area contributed by atoms with Gasteiger partial charge in [0.1, 0.15) is 5.75 Å². The number of hydrogen-bond acceptors (Lipinski definition) is 7. The molecule has 0 unspecified atom stereocenters. The van der Waals surface area contributed by atoms with E-state index in [-0.39, 0.29) is 30.4 Å². The van der Waals surface area contributed by atoms with Crippen LogP contribution in [0.3, 0.4) is 0 Å². The highest BCUT2D eigenvalue weighted by molar-refractivity contribution is 9.11. The molecule has 0 saturated carbocycles. The van der Waals surface area contributed by atoms with Crippen LogP contribution < -0.4 is 19.6 Å². The van der Waals surface area contributed by atoms with Crippen LogP contribution in [0.2, 0.25) is 0 Å². The lowest BCUT2D eigenvalue weighted by atomic mass is 10.1. The Balaban J connectivity index is 1.64. The number of rotatable bonds is 6. The number of hydrogen-bond donors (Lipinski definition) is 1. The van der Waals surface area contributed by atoms with Crippen LogP contribution in [-0.2, 0) is 4.79 Å². The van der Waals surface area contributed by atoms with Crippen molar-refractivity contribution < 1.29 is 23.9 Å². The van der Waals surface area contributed by atoms with Crippen LogP contribution in [0.4, 0.5) is 5.69 Å². The maximum atomic E-state index is 11.9. The fraction of sp³-hybridized carbons (Fsp3) is 0.125. The fourth-order valence-corrected chi connectivity index (χ4v) is 4.71. The lowest BCUT2D eigenvalue weighted by molar-refractivity contribution is -0.385. The van der Waals surface area contributed by atoms with Gasteiger partial charge in [-0.05, 0) is 50.1 Å². The Morgan fingerprint density at radius 2 is 1.86 bits per heavy atom. The molecular weight excluding hydrogens is 570 g/mol. The quantitative estimate of drug-likeness (QED) is 0.313. The zero-order chi connectivity index (χ0) is 20.3. The van der Waals surface area contributed by atoms with Gasteiger partial charge >= 0.3 is 0 Å². The molecule has 0 aromatic heterocycles. The summed E-state index contributed by atoms with van der Waals surface area (Å²) in [6.45, 7) is -0.318. The van der Waals surface area contributed by atoms with E-state index in [9.17, 15) is 14.9 Å². The second kappa shape index (κ2) is 8.88. The topological polar surface area (TPSA) is 112 Å². The highest BCUT2D eigenvalue weighted by Gasteiger charge is 2.22. The van der Waals surface area contributed by atoms with Crippen LogP contribution in [0.25, 0.3) is 0 Å². The molecule has 1 amide bonds. The number of nitrogens with zero attached hydrogens (tertiary/aromatic N) is 2. The SMILES string of the molecule is O=C(COc1c(Br)cc(Br)cc1Br)N/N=C\c1cc2c(cc1[N+](=O)[O-])OCO2. The monoisotopic (exact) mass is 577 g/mol. The van der Waals surface area contributed by atoms with Gasteiger partial charge in [-0.2, -0.15) is 5.10 Å². The third-order valence-electron chi connectivity index (χ3n) is 3.42. The first-order valence-electron chi connectivity index (χ1n) is 7.52. The van der Waals surface area contributed by atoms with Crippen molar-refractivity contribution in [1.82, 2.24) is 5.43 Å². The Hall–Kier alpha value is -2.18. The second-order valence-corrected chi connectivity index (χ2v) is 7.93. The molecule has 1 aliphatic rings. The number of fused-ring (bicyclic) bond motifs is 1. The van der Waals surface area contributed by atoms with Gasteiger partial charge in [-0.3, -0.25) is 14.9 Å². The summed E-state index contributed by atoms with van der Waals surface area (Å²) in [5.41, 5.74) is 2.20. The Morgan fingerprint density at radius 3 is 2.50 bits per heavy atom. The molecule has 12 heteroatoms. The second-order valence-electron chi connectivity index (χ2n) is 5.30. The van der Waals surface area contributed by atoms with Crippen molar-refractivity contribution in [2.45, 2.75) is 0 Å². The van der Waals surface area contributed by atoms with Crippen molar-refractivity contribution >= 4 is 65.6 Å². The molecule has 2 aromatic rings. The van der Waals surface area contributed by atoms with Gasteiger partial charge in [0.15, 0.2) is 18.1 Å². The summed E-state index contributed by atoms with van der Waals surface area (Å²) in [7, 11) is 0. The smallest absolute Gasteiger partial charge is 0.282 e. The molecule has 1 N–H and O–H groups in total. The predicted molar refractivity (Wildman–Crippen MR) is 110 cm³/mol. The summed E-state index contributed by atoms with van der Waals surface area (Å²) in [6, 6.07) is 6.21. The molecule has 0 bridgehead atoms. The first-order valence-corrected chi connectivity index (χ1v) is 9.90. The largest absolute Gasteiger partial charge is 0.481 e. The molecule has 28 heavy (non-hydrogen) atoms. The maximum absolute atomic E-state index is 11.9. The normalized spacial score (nSPS) is 12.2. The zero-order valence-corrected chi connectivity index (χ0v) is 18.5. The number of carbonyl (C=O) groups excluding carboxylic acids is 1. The molecule has 0 atom stereocenters. The highest BCUT2D eigenvalue weighted by Crippen LogP contribution is 2.37. The lowest BCUT2D eigenvalue weighted by Gasteiger charge is -2.09. The van der Waals surface area contributed by atoms with E-state index in [2.05, 4.69) is 58.3 Å². The molecule has 0 fully saturated rings. The number of nitro benzene ring substituents is 1. The van der Waals surface area contributed by atoms with Crippen molar-refractivity contribution in [3.8, 4) is 17.2 Å². The molecule has 2 aromatic carbocycles. The number of halogens is 3. The van der Waals surface area contributed by atoms with Crippen LogP contribution in [0.1, 0.15) is 5.56 Å². The summed E-state index contributed by atoms with van der Waals surface area (Å²) in [4.78, 5) is 22.6. The van der Waals surface area contributed by atoms with E-state index in [1.54, 1.807) is 12.1 Å². The number of benzene rings is 2. The molecule has 0 radical (unpaired) electrons. The average Bonchev–Trinajstić information content (AvgIpc) is 3.07. The van der Waals surface area contributed by atoms with E-state index in [4.69, 9.17) is 14.2 Å². The van der Waals surface area contributed by atoms with E-state index in [0.29, 0.717) is 20.4 Å². The van der Waals surface area contributed by atoms with E-state index in [1.807, 2.05) is 0 Å². The minimum absolute atomic E-state index is 0.0116. The van der Waals surface area contributed by atoms with E-state index in [1.165, 1.54) is 12.1 Å². The molecule has 1 aliphatic heterocycles. The van der Waals surface area contributed by atoms with Gasteiger partial charge in [-0.15, -0.1) is 0 Å². The maximum Gasteiger partial charge on any atom is 0.282 e. The first-order chi connectivity index (χ1) is 13.3.